The molecule has 2 aromatic heterocycles. The van der Waals surface area contributed by atoms with E-state index in [0.717, 1.165) is 12.1 Å². The van der Waals surface area contributed by atoms with Crippen molar-refractivity contribution in [3.8, 4) is 11.3 Å². The molecule has 0 saturated heterocycles. The fourth-order valence-corrected chi connectivity index (χ4v) is 4.45. The predicted octanol–water partition coefficient (Wildman–Crippen LogP) is 4.25. The lowest BCUT2D eigenvalue weighted by Crippen LogP contribution is -2.24. The number of hydrogen-bond acceptors (Lipinski definition) is 6. The van der Waals surface area contributed by atoms with E-state index in [2.05, 4.69) is 10.3 Å². The molecule has 0 aliphatic rings. The Morgan fingerprint density at radius 2 is 2.06 bits per heavy atom. The molecular weight excluding hydrogens is 451 g/mol. The third-order valence-electron chi connectivity index (χ3n) is 4.15. The van der Waals surface area contributed by atoms with Gasteiger partial charge in [-0.05, 0) is 31.2 Å². The molecule has 3 rings (SSSR count). The van der Waals surface area contributed by atoms with Crippen LogP contribution in [0.15, 0.2) is 50.5 Å². The van der Waals surface area contributed by atoms with Crippen LogP contribution in [0.25, 0.3) is 11.3 Å². The number of carbonyl (C=O) groups is 2. The summed E-state index contributed by atoms with van der Waals surface area (Å²) in [6.07, 6.45) is -4.39. The van der Waals surface area contributed by atoms with Gasteiger partial charge in [0.1, 0.15) is 11.5 Å². The molecule has 31 heavy (non-hydrogen) atoms. The number of primary amides is 1. The molecule has 0 aliphatic heterocycles. The molecule has 3 aromatic rings. The topological polar surface area (TPSA) is 98.2 Å². The van der Waals surface area contributed by atoms with Crippen molar-refractivity contribution < 1.29 is 27.2 Å². The number of furan rings is 1. The zero-order valence-electron chi connectivity index (χ0n) is 16.2. The number of alkyl halides is 3. The van der Waals surface area contributed by atoms with E-state index >= 15 is 0 Å². The number of carbonyl (C=O) groups excluding carboxylic acids is 2. The fourth-order valence-electron chi connectivity index (χ4n) is 2.52. The highest BCUT2D eigenvalue weighted by Gasteiger charge is 2.30. The third-order valence-corrected chi connectivity index (χ3v) is 6.29. The van der Waals surface area contributed by atoms with Crippen LogP contribution >= 0.6 is 23.1 Å². The van der Waals surface area contributed by atoms with Gasteiger partial charge in [-0.25, -0.2) is 4.98 Å². The summed E-state index contributed by atoms with van der Waals surface area (Å²) < 4.78 is 44.8. The van der Waals surface area contributed by atoms with Gasteiger partial charge in [-0.15, -0.1) is 11.3 Å². The van der Waals surface area contributed by atoms with Crippen LogP contribution in [0, 0.1) is 0 Å². The maximum absolute atomic E-state index is 12.9. The van der Waals surface area contributed by atoms with Crippen molar-refractivity contribution in [3.63, 3.8) is 0 Å². The molecule has 0 fully saturated rings. The normalized spacial score (nSPS) is 12.5. The zero-order chi connectivity index (χ0) is 22.6. The maximum atomic E-state index is 12.9. The van der Waals surface area contributed by atoms with Crippen molar-refractivity contribution in [3.05, 3.63) is 58.8 Å². The fraction of sp³-hybridized carbons (Fsp3) is 0.250. The lowest BCUT2D eigenvalue weighted by molar-refractivity contribution is -0.137. The maximum Gasteiger partial charge on any atom is 0.416 e. The van der Waals surface area contributed by atoms with E-state index < -0.39 is 22.9 Å². The molecule has 11 heteroatoms. The number of aromatic nitrogens is 1. The van der Waals surface area contributed by atoms with Crippen LogP contribution in [-0.4, -0.2) is 22.0 Å². The highest BCUT2D eigenvalue weighted by molar-refractivity contribution is 8.02. The molecule has 0 radical (unpaired) electrons. The Morgan fingerprint density at radius 1 is 1.29 bits per heavy atom. The van der Waals surface area contributed by atoms with Gasteiger partial charge in [-0.1, -0.05) is 23.9 Å². The number of thioether (sulfide) groups is 1. The summed E-state index contributed by atoms with van der Waals surface area (Å²) in [7, 11) is 0. The number of nitrogens with two attached hydrogens (primary N) is 1. The molecule has 1 aromatic carbocycles. The van der Waals surface area contributed by atoms with Gasteiger partial charge in [0.05, 0.1) is 29.5 Å². The van der Waals surface area contributed by atoms with E-state index in [-0.39, 0.29) is 24.6 Å². The Balaban J connectivity index is 1.55. The SMILES string of the molecule is CC(Sc1nc(CC(=O)NCc2ccc(-c3cccc(C(F)(F)F)c3)o2)cs1)C(N)=O. The quantitative estimate of drug-likeness (QED) is 0.481. The minimum absolute atomic E-state index is 0.0448. The molecular formula is C20H18F3N3O3S2. The van der Waals surface area contributed by atoms with Crippen LogP contribution < -0.4 is 11.1 Å². The first-order chi connectivity index (χ1) is 14.6. The van der Waals surface area contributed by atoms with Crippen LogP contribution in [0.4, 0.5) is 13.2 Å². The monoisotopic (exact) mass is 469 g/mol. The lowest BCUT2D eigenvalue weighted by atomic mass is 10.1. The number of amides is 2. The second-order valence-corrected chi connectivity index (χ2v) is 9.01. The minimum atomic E-state index is -4.44. The van der Waals surface area contributed by atoms with Gasteiger partial charge in [0.25, 0.3) is 0 Å². The summed E-state index contributed by atoms with van der Waals surface area (Å²) in [6.45, 7) is 1.76. The summed E-state index contributed by atoms with van der Waals surface area (Å²) >= 11 is 2.55. The molecule has 164 valence electrons. The molecule has 6 nitrogen and oxygen atoms in total. The molecule has 3 N–H and O–H groups in total. The Bertz CT molecular complexity index is 1080. The predicted molar refractivity (Wildman–Crippen MR) is 111 cm³/mol. The Hall–Kier alpha value is -2.79. The first kappa shape index (κ1) is 22.9. The van der Waals surface area contributed by atoms with Crippen LogP contribution in [0.3, 0.4) is 0 Å². The van der Waals surface area contributed by atoms with Crippen LogP contribution in [0.2, 0.25) is 0 Å². The van der Waals surface area contributed by atoms with E-state index in [4.69, 9.17) is 10.2 Å². The van der Waals surface area contributed by atoms with Crippen LogP contribution in [-0.2, 0) is 28.7 Å². The molecule has 0 aliphatic carbocycles. The molecule has 0 spiro atoms. The number of benzene rings is 1. The standard InChI is InChI=1S/C20H18F3N3O3S2/c1-11(18(24)28)31-19-26-14(10-30-19)8-17(27)25-9-15-5-6-16(29-15)12-3-2-4-13(7-12)20(21,22)23/h2-7,10-11H,8-9H2,1H3,(H2,24,28)(H,25,27). The molecule has 1 atom stereocenters. The molecule has 0 saturated carbocycles. The number of rotatable bonds is 8. The van der Waals surface area contributed by atoms with Gasteiger partial charge in [0.15, 0.2) is 4.34 Å². The van der Waals surface area contributed by atoms with Crippen molar-refractivity contribution in [1.29, 1.82) is 0 Å². The first-order valence-corrected chi connectivity index (χ1v) is 10.8. The van der Waals surface area contributed by atoms with E-state index in [1.54, 1.807) is 24.4 Å². The lowest BCUT2D eigenvalue weighted by Gasteiger charge is -2.07. The van der Waals surface area contributed by atoms with Gasteiger partial charge >= 0.3 is 6.18 Å². The number of nitrogens with zero attached hydrogens (tertiary/aromatic N) is 1. The van der Waals surface area contributed by atoms with Crippen molar-refractivity contribution in [2.45, 2.75) is 35.7 Å². The zero-order valence-corrected chi connectivity index (χ0v) is 17.9. The summed E-state index contributed by atoms with van der Waals surface area (Å²) in [5.41, 5.74) is 5.32. The van der Waals surface area contributed by atoms with E-state index in [1.165, 1.54) is 35.2 Å². The molecule has 0 bridgehead atoms. The smallest absolute Gasteiger partial charge is 0.416 e. The Labute approximate surface area is 184 Å². The van der Waals surface area contributed by atoms with Crippen molar-refractivity contribution in [2.75, 3.05) is 0 Å². The van der Waals surface area contributed by atoms with E-state index in [1.807, 2.05) is 0 Å². The second kappa shape index (κ2) is 9.56. The number of hydrogen-bond donors (Lipinski definition) is 2. The van der Waals surface area contributed by atoms with Crippen molar-refractivity contribution in [2.24, 2.45) is 5.73 Å². The third kappa shape index (κ3) is 6.34. The number of halogens is 3. The minimum Gasteiger partial charge on any atom is -0.459 e. The van der Waals surface area contributed by atoms with E-state index in [9.17, 15) is 22.8 Å². The Kier molecular flexibility index (Phi) is 7.06. The van der Waals surface area contributed by atoms with Gasteiger partial charge in [0.2, 0.25) is 11.8 Å². The average molecular weight is 470 g/mol. The molecule has 2 amide bonds. The van der Waals surface area contributed by atoms with Crippen molar-refractivity contribution in [1.82, 2.24) is 10.3 Å². The summed E-state index contributed by atoms with van der Waals surface area (Å²) in [5, 5.41) is 4.00. The van der Waals surface area contributed by atoms with Gasteiger partial charge < -0.3 is 15.5 Å². The number of nitrogens with one attached hydrogen (secondary N) is 1. The van der Waals surface area contributed by atoms with Crippen LogP contribution in [0.5, 0.6) is 0 Å². The summed E-state index contributed by atoms with van der Waals surface area (Å²) in [6, 6.07) is 7.99. The molecule has 1 unspecified atom stereocenters. The Morgan fingerprint density at radius 3 is 2.77 bits per heavy atom. The van der Waals surface area contributed by atoms with Gasteiger partial charge in [0, 0.05) is 10.9 Å². The van der Waals surface area contributed by atoms with Crippen molar-refractivity contribution >= 4 is 34.9 Å². The highest BCUT2D eigenvalue weighted by Crippen LogP contribution is 2.32. The molecule has 2 heterocycles. The average Bonchev–Trinajstić information content (AvgIpc) is 3.35. The summed E-state index contributed by atoms with van der Waals surface area (Å²) in [5.74, 6) is -0.0464. The summed E-state index contributed by atoms with van der Waals surface area (Å²) in [4.78, 5) is 27.6. The van der Waals surface area contributed by atoms with Gasteiger partial charge in [-0.2, -0.15) is 13.2 Å². The first-order valence-electron chi connectivity index (χ1n) is 9.05. The number of thiazole rings is 1. The highest BCUT2D eigenvalue weighted by atomic mass is 32.2. The van der Waals surface area contributed by atoms with E-state index in [0.29, 0.717) is 21.4 Å². The van der Waals surface area contributed by atoms with Gasteiger partial charge in [-0.3, -0.25) is 9.59 Å². The largest absolute Gasteiger partial charge is 0.459 e. The second-order valence-electron chi connectivity index (χ2n) is 6.57. The van der Waals surface area contributed by atoms with Crippen LogP contribution in [0.1, 0.15) is 23.9 Å².